The van der Waals surface area contributed by atoms with Crippen molar-refractivity contribution >= 4 is 5.69 Å². The summed E-state index contributed by atoms with van der Waals surface area (Å²) in [6.07, 6.45) is 6.40. The van der Waals surface area contributed by atoms with E-state index < -0.39 is 0 Å². The van der Waals surface area contributed by atoms with Crippen molar-refractivity contribution in [1.82, 2.24) is 4.90 Å². The molecule has 0 atom stereocenters. The molecule has 20 heavy (non-hydrogen) atoms. The molecule has 0 aliphatic heterocycles. The normalized spacial score (nSPS) is 16.6. The van der Waals surface area contributed by atoms with Crippen molar-refractivity contribution in [3.63, 3.8) is 0 Å². The maximum absolute atomic E-state index is 9.32. The molecule has 0 spiro atoms. The second-order valence-electron chi connectivity index (χ2n) is 5.56. The summed E-state index contributed by atoms with van der Waals surface area (Å²) in [6, 6.07) is 6.39. The Kier molecular flexibility index (Phi) is 5.68. The lowest BCUT2D eigenvalue weighted by molar-refractivity contribution is 0.116. The van der Waals surface area contributed by atoms with E-state index in [-0.39, 0.29) is 6.61 Å². The average molecular weight is 278 g/mol. The number of benzene rings is 1. The fourth-order valence-electron chi connectivity index (χ4n) is 3.08. The van der Waals surface area contributed by atoms with Gasteiger partial charge >= 0.3 is 0 Å². The van der Waals surface area contributed by atoms with E-state index in [1.807, 2.05) is 18.2 Å². The third kappa shape index (κ3) is 3.87. The van der Waals surface area contributed by atoms with Crippen LogP contribution in [0.2, 0.25) is 0 Å². The maximum Gasteiger partial charge on any atom is 0.125 e. The van der Waals surface area contributed by atoms with Crippen molar-refractivity contribution in [1.29, 1.82) is 0 Å². The van der Waals surface area contributed by atoms with E-state index in [0.29, 0.717) is 6.04 Å². The molecular formula is C16H26N2O2. The molecule has 1 saturated carbocycles. The summed E-state index contributed by atoms with van der Waals surface area (Å²) >= 11 is 0. The maximum atomic E-state index is 9.32. The topological polar surface area (TPSA) is 58.7 Å². The molecule has 3 N–H and O–H groups in total. The van der Waals surface area contributed by atoms with Gasteiger partial charge in [-0.1, -0.05) is 25.3 Å². The molecule has 1 aliphatic rings. The van der Waals surface area contributed by atoms with Gasteiger partial charge < -0.3 is 15.6 Å². The van der Waals surface area contributed by atoms with Crippen molar-refractivity contribution in [3.05, 3.63) is 23.8 Å². The van der Waals surface area contributed by atoms with Crippen LogP contribution >= 0.6 is 0 Å². The number of nitrogens with zero attached hydrogens (tertiary/aromatic N) is 1. The van der Waals surface area contributed by atoms with E-state index in [0.717, 1.165) is 30.1 Å². The third-order valence-electron chi connectivity index (χ3n) is 4.16. The molecule has 2 rings (SSSR count). The van der Waals surface area contributed by atoms with E-state index in [1.165, 1.54) is 32.1 Å². The molecular weight excluding hydrogens is 252 g/mol. The summed E-state index contributed by atoms with van der Waals surface area (Å²) in [5.74, 6) is 0.837. The lowest BCUT2D eigenvalue weighted by Crippen LogP contribution is -2.38. The van der Waals surface area contributed by atoms with Gasteiger partial charge in [0.15, 0.2) is 0 Å². The van der Waals surface area contributed by atoms with E-state index in [4.69, 9.17) is 10.5 Å². The van der Waals surface area contributed by atoms with Crippen LogP contribution < -0.4 is 10.5 Å². The molecule has 0 aromatic heterocycles. The Balaban J connectivity index is 2.10. The number of ether oxygens (including phenoxy) is 1. The van der Waals surface area contributed by atoms with Crippen LogP contribution in [0.5, 0.6) is 5.75 Å². The van der Waals surface area contributed by atoms with Gasteiger partial charge in [0.25, 0.3) is 0 Å². The van der Waals surface area contributed by atoms with Crippen molar-refractivity contribution in [2.75, 3.05) is 26.0 Å². The Morgan fingerprint density at radius 3 is 2.70 bits per heavy atom. The number of methoxy groups -OCH3 is 1. The Hall–Kier alpha value is -1.26. The molecule has 4 nitrogen and oxygen atoms in total. The second-order valence-corrected chi connectivity index (χ2v) is 5.56. The number of aliphatic hydroxyl groups excluding tert-OH is 1. The average Bonchev–Trinajstić information content (AvgIpc) is 2.49. The van der Waals surface area contributed by atoms with Gasteiger partial charge in [-0.2, -0.15) is 0 Å². The number of anilines is 1. The minimum atomic E-state index is 0.202. The van der Waals surface area contributed by atoms with Gasteiger partial charge in [-0.25, -0.2) is 0 Å². The summed E-state index contributed by atoms with van der Waals surface area (Å²) < 4.78 is 5.42. The van der Waals surface area contributed by atoms with Gasteiger partial charge in [-0.15, -0.1) is 0 Å². The van der Waals surface area contributed by atoms with E-state index in [1.54, 1.807) is 7.11 Å². The summed E-state index contributed by atoms with van der Waals surface area (Å²) in [7, 11) is 1.68. The number of rotatable bonds is 6. The second kappa shape index (κ2) is 7.50. The van der Waals surface area contributed by atoms with Gasteiger partial charge in [0.2, 0.25) is 0 Å². The molecule has 0 amide bonds. The smallest absolute Gasteiger partial charge is 0.125 e. The van der Waals surface area contributed by atoms with Gasteiger partial charge in [0.1, 0.15) is 5.75 Å². The number of nitrogens with two attached hydrogens (primary N) is 1. The van der Waals surface area contributed by atoms with Gasteiger partial charge in [0.05, 0.1) is 13.7 Å². The van der Waals surface area contributed by atoms with Crippen molar-refractivity contribution < 1.29 is 9.84 Å². The molecule has 1 aromatic rings. The Morgan fingerprint density at radius 2 is 2.05 bits per heavy atom. The summed E-state index contributed by atoms with van der Waals surface area (Å²) in [5, 5.41) is 9.32. The van der Waals surface area contributed by atoms with Gasteiger partial charge in [0, 0.05) is 36.4 Å². The first kappa shape index (κ1) is 15.1. The number of hydrogen-bond acceptors (Lipinski definition) is 4. The zero-order chi connectivity index (χ0) is 14.4. The minimum absolute atomic E-state index is 0.202. The van der Waals surface area contributed by atoms with Crippen molar-refractivity contribution in [2.24, 2.45) is 0 Å². The molecule has 0 radical (unpaired) electrons. The van der Waals surface area contributed by atoms with Crippen LogP contribution in [0.1, 0.15) is 37.7 Å². The van der Waals surface area contributed by atoms with E-state index in [9.17, 15) is 5.11 Å². The molecule has 0 saturated heterocycles. The number of hydrogen-bond donors (Lipinski definition) is 2. The standard InChI is InChI=1S/C16H26N2O2/c1-20-16-11-14(17)8-7-13(16)12-18(9-10-19)15-5-3-2-4-6-15/h7-8,11,15,19H,2-6,9-10,12,17H2,1H3. The van der Waals surface area contributed by atoms with Gasteiger partial charge in [-0.3, -0.25) is 4.90 Å². The predicted molar refractivity (Wildman–Crippen MR) is 81.8 cm³/mol. The lowest BCUT2D eigenvalue weighted by Gasteiger charge is -2.34. The molecule has 1 aromatic carbocycles. The lowest BCUT2D eigenvalue weighted by atomic mass is 9.93. The summed E-state index contributed by atoms with van der Waals surface area (Å²) in [4.78, 5) is 2.38. The van der Waals surface area contributed by atoms with Gasteiger partial charge in [-0.05, 0) is 18.9 Å². The Morgan fingerprint density at radius 1 is 1.30 bits per heavy atom. The molecule has 0 unspecified atom stereocenters. The van der Waals surface area contributed by atoms with Crippen LogP contribution in [0.15, 0.2) is 18.2 Å². The van der Waals surface area contributed by atoms with Crippen LogP contribution in [0.4, 0.5) is 5.69 Å². The first-order valence-electron chi connectivity index (χ1n) is 7.52. The Bertz CT molecular complexity index is 417. The minimum Gasteiger partial charge on any atom is -0.496 e. The van der Waals surface area contributed by atoms with Crippen molar-refractivity contribution in [3.8, 4) is 5.75 Å². The SMILES string of the molecule is COc1cc(N)ccc1CN(CCO)C1CCCCC1. The molecule has 4 heteroatoms. The largest absolute Gasteiger partial charge is 0.496 e. The quantitative estimate of drug-likeness (QED) is 0.785. The molecule has 0 heterocycles. The van der Waals surface area contributed by atoms with Crippen LogP contribution in [-0.2, 0) is 6.54 Å². The highest BCUT2D eigenvalue weighted by Crippen LogP contribution is 2.27. The molecule has 1 aliphatic carbocycles. The third-order valence-corrected chi connectivity index (χ3v) is 4.16. The highest BCUT2D eigenvalue weighted by molar-refractivity contribution is 5.48. The molecule has 112 valence electrons. The highest BCUT2D eigenvalue weighted by atomic mass is 16.5. The fraction of sp³-hybridized carbons (Fsp3) is 0.625. The first-order chi connectivity index (χ1) is 9.74. The van der Waals surface area contributed by atoms with Crippen molar-refractivity contribution in [2.45, 2.75) is 44.7 Å². The van der Waals surface area contributed by atoms with E-state index >= 15 is 0 Å². The molecule has 0 bridgehead atoms. The Labute approximate surface area is 121 Å². The van der Waals surface area contributed by atoms with Crippen LogP contribution in [0.25, 0.3) is 0 Å². The fourth-order valence-corrected chi connectivity index (χ4v) is 3.08. The zero-order valence-corrected chi connectivity index (χ0v) is 12.3. The highest BCUT2D eigenvalue weighted by Gasteiger charge is 2.21. The molecule has 1 fully saturated rings. The summed E-state index contributed by atoms with van der Waals surface area (Å²) in [5.41, 5.74) is 7.66. The van der Waals surface area contributed by atoms with Crippen LogP contribution in [0, 0.1) is 0 Å². The van der Waals surface area contributed by atoms with Crippen LogP contribution in [-0.4, -0.2) is 36.3 Å². The number of nitrogen functional groups attached to an aromatic ring is 1. The first-order valence-corrected chi connectivity index (χ1v) is 7.52. The van der Waals surface area contributed by atoms with Crippen LogP contribution in [0.3, 0.4) is 0 Å². The van der Waals surface area contributed by atoms with E-state index in [2.05, 4.69) is 4.90 Å². The zero-order valence-electron chi connectivity index (χ0n) is 12.3. The summed E-state index contributed by atoms with van der Waals surface area (Å²) in [6.45, 7) is 1.74. The predicted octanol–water partition coefficient (Wildman–Crippen LogP) is 2.40. The monoisotopic (exact) mass is 278 g/mol. The number of aliphatic hydroxyl groups is 1.